The first-order valence-corrected chi connectivity index (χ1v) is 27.7. The van der Waals surface area contributed by atoms with E-state index in [-0.39, 0.29) is 7.43 Å². The second-order valence-corrected chi connectivity index (χ2v) is 25.1. The molecule has 0 aliphatic carbocycles. The van der Waals surface area contributed by atoms with Crippen molar-refractivity contribution in [2.75, 3.05) is 0 Å². The minimum atomic E-state index is 0. The molecule has 4 rings (SSSR count). The van der Waals surface area contributed by atoms with Crippen LogP contribution < -0.4 is 0 Å². The largest absolute Gasteiger partial charge is 0.374 e. The van der Waals surface area contributed by atoms with E-state index in [1.807, 2.05) is 0 Å². The summed E-state index contributed by atoms with van der Waals surface area (Å²) in [6.45, 7) is 65.2. The third kappa shape index (κ3) is 16.5. The Balaban J connectivity index is 0.000000823. The summed E-state index contributed by atoms with van der Waals surface area (Å²) in [6, 6.07) is 0. The van der Waals surface area contributed by atoms with Gasteiger partial charge in [0.1, 0.15) is 0 Å². The van der Waals surface area contributed by atoms with E-state index in [0.29, 0.717) is 114 Å². The monoisotopic (exact) mass is 907 g/mol. The lowest BCUT2D eigenvalue weighted by atomic mass is 9.68. The smallest absolute Gasteiger partial charge is 0.0635 e. The van der Waals surface area contributed by atoms with Crippen molar-refractivity contribution in [3.05, 3.63) is 0 Å². The van der Waals surface area contributed by atoms with Crippen molar-refractivity contribution in [3.63, 3.8) is 0 Å². The van der Waals surface area contributed by atoms with Crippen LogP contribution in [0, 0.1) is 118 Å². The Hall–Kier alpha value is -0.160. The van der Waals surface area contributed by atoms with Gasteiger partial charge >= 0.3 is 0 Å². The Morgan fingerprint density at radius 2 is 0.531 bits per heavy atom. The highest BCUT2D eigenvalue weighted by atomic mass is 16.5. The third-order valence-electron chi connectivity index (χ3n) is 17.9. The summed E-state index contributed by atoms with van der Waals surface area (Å²) in [7, 11) is 0. The standard InChI is InChI=1S/3C15H30O.C14H28O.CH4/c1-8-13-11(6)14(9(2)3)12(7)15(16-13)10(4)5;1-8-13-14(9(2)3)11(6)12(7)15(16-13)10(4)5;1-8-13-11(6)12(7)14(9(2)3)15(16-13)10(4)5;1-8(2)13-11(6)10(5)12(7)14(15-13)9(3)4;/h3*9-15H,8H2,1-7H3;8-14H,1-7H3;1H4. The third-order valence-corrected chi connectivity index (χ3v) is 17.9. The molecule has 0 radical (unpaired) electrons. The van der Waals surface area contributed by atoms with Gasteiger partial charge in [-0.2, -0.15) is 0 Å². The average molecular weight is 908 g/mol. The summed E-state index contributed by atoms with van der Waals surface area (Å²) in [6.07, 6.45) is 7.13. The molecular weight excluding hydrogens is 785 g/mol. The number of ether oxygens (including phenoxy) is 4. The van der Waals surface area contributed by atoms with Gasteiger partial charge in [0.25, 0.3) is 0 Å². The van der Waals surface area contributed by atoms with E-state index in [2.05, 4.69) is 194 Å². The highest BCUT2D eigenvalue weighted by Gasteiger charge is 2.46. The molecule has 4 fully saturated rings. The van der Waals surface area contributed by atoms with E-state index in [0.717, 1.165) is 72.5 Å². The quantitative estimate of drug-likeness (QED) is 0.207. The molecule has 0 spiro atoms. The molecule has 19 unspecified atom stereocenters. The van der Waals surface area contributed by atoms with Crippen LogP contribution in [0.15, 0.2) is 0 Å². The second kappa shape index (κ2) is 29.1. The van der Waals surface area contributed by atoms with Gasteiger partial charge in [-0.25, -0.2) is 0 Å². The Bertz CT molecular complexity index is 1170. The fraction of sp³-hybridized carbons (Fsp3) is 1.00. The van der Waals surface area contributed by atoms with Crippen LogP contribution in [0.5, 0.6) is 0 Å². The molecule has 4 aliphatic heterocycles. The molecule has 386 valence electrons. The fourth-order valence-electron chi connectivity index (χ4n) is 13.9. The van der Waals surface area contributed by atoms with Gasteiger partial charge in [-0.1, -0.05) is 201 Å². The van der Waals surface area contributed by atoms with Crippen molar-refractivity contribution in [3.8, 4) is 0 Å². The summed E-state index contributed by atoms with van der Waals surface area (Å²) in [5, 5.41) is 0. The summed E-state index contributed by atoms with van der Waals surface area (Å²) in [4.78, 5) is 0. The predicted molar refractivity (Wildman–Crippen MR) is 284 cm³/mol. The van der Waals surface area contributed by atoms with Crippen molar-refractivity contribution in [1.29, 1.82) is 0 Å². The van der Waals surface area contributed by atoms with Gasteiger partial charge in [0.05, 0.1) is 48.8 Å². The van der Waals surface area contributed by atoms with E-state index in [1.54, 1.807) is 0 Å². The van der Waals surface area contributed by atoms with Crippen LogP contribution in [0.25, 0.3) is 0 Å². The van der Waals surface area contributed by atoms with Gasteiger partial charge in [0, 0.05) is 0 Å². The van der Waals surface area contributed by atoms with Crippen LogP contribution in [-0.4, -0.2) is 48.8 Å². The first-order valence-electron chi connectivity index (χ1n) is 27.7. The average Bonchev–Trinajstić information content (AvgIpc) is 3.18. The van der Waals surface area contributed by atoms with Crippen molar-refractivity contribution >= 4 is 0 Å². The predicted octanol–water partition coefficient (Wildman–Crippen LogP) is 17.7. The maximum absolute atomic E-state index is 6.35. The maximum Gasteiger partial charge on any atom is 0.0635 e. The molecule has 4 nitrogen and oxygen atoms in total. The normalized spacial score (nSPS) is 40.5. The molecule has 4 saturated heterocycles. The Kier molecular flexibility index (Phi) is 29.0. The van der Waals surface area contributed by atoms with Gasteiger partial charge in [0.15, 0.2) is 0 Å². The topological polar surface area (TPSA) is 36.9 Å². The maximum atomic E-state index is 6.35. The van der Waals surface area contributed by atoms with E-state index < -0.39 is 0 Å². The Morgan fingerprint density at radius 3 is 0.875 bits per heavy atom. The first kappa shape index (κ1) is 63.8. The van der Waals surface area contributed by atoms with Crippen molar-refractivity contribution in [1.82, 2.24) is 0 Å². The first-order chi connectivity index (χ1) is 29.0. The van der Waals surface area contributed by atoms with Crippen LogP contribution in [0.3, 0.4) is 0 Å². The molecule has 4 heteroatoms. The number of hydrogen-bond donors (Lipinski definition) is 0. The number of rotatable bonds is 11. The molecule has 0 N–H and O–H groups in total. The Morgan fingerprint density at radius 1 is 0.250 bits per heavy atom. The van der Waals surface area contributed by atoms with Crippen LogP contribution in [-0.2, 0) is 18.9 Å². The highest BCUT2D eigenvalue weighted by Crippen LogP contribution is 2.45. The van der Waals surface area contributed by atoms with E-state index in [9.17, 15) is 0 Å². The second-order valence-electron chi connectivity index (χ2n) is 25.1. The molecule has 4 heterocycles. The molecule has 0 bridgehead atoms. The minimum absolute atomic E-state index is 0. The van der Waals surface area contributed by atoms with Crippen molar-refractivity contribution < 1.29 is 18.9 Å². The van der Waals surface area contributed by atoms with Gasteiger partial charge in [0.2, 0.25) is 0 Å². The minimum Gasteiger partial charge on any atom is -0.374 e. The zero-order chi connectivity index (χ0) is 49.1. The SMILES string of the molecule is C.CC(C)C1OC(C(C)C)C(C)C(C)C1C.CCC1OC(C(C)C)C(C(C)C)C(C)C1C.CCC1OC(C(C)C)C(C)C(C(C)C)C1C.CCC1OC(C(C)C)C(C)C(C)C1C(C)C. The Labute approximate surface area is 405 Å². The zero-order valence-corrected chi connectivity index (χ0v) is 47.9. The van der Waals surface area contributed by atoms with E-state index >= 15 is 0 Å². The van der Waals surface area contributed by atoms with Crippen LogP contribution in [0.4, 0.5) is 0 Å². The van der Waals surface area contributed by atoms with Gasteiger partial charge in [-0.15, -0.1) is 0 Å². The fourth-order valence-corrected chi connectivity index (χ4v) is 13.9. The molecule has 64 heavy (non-hydrogen) atoms. The van der Waals surface area contributed by atoms with Crippen molar-refractivity contribution in [2.45, 2.75) is 269 Å². The summed E-state index contributed by atoms with van der Waals surface area (Å²) in [5.74, 6) is 14.2. The summed E-state index contributed by atoms with van der Waals surface area (Å²) < 4.78 is 25.3. The molecule has 0 saturated carbocycles. The van der Waals surface area contributed by atoms with Gasteiger partial charge in [-0.3, -0.25) is 0 Å². The lowest BCUT2D eigenvalue weighted by molar-refractivity contribution is -0.165. The lowest BCUT2D eigenvalue weighted by Gasteiger charge is -2.48. The van der Waals surface area contributed by atoms with Crippen LogP contribution in [0.1, 0.15) is 221 Å². The van der Waals surface area contributed by atoms with E-state index in [1.165, 1.54) is 0 Å². The van der Waals surface area contributed by atoms with Gasteiger partial charge < -0.3 is 18.9 Å². The molecule has 0 amide bonds. The van der Waals surface area contributed by atoms with E-state index in [4.69, 9.17) is 18.9 Å². The molecule has 0 aromatic rings. The summed E-state index contributed by atoms with van der Waals surface area (Å²) in [5.41, 5.74) is 0. The van der Waals surface area contributed by atoms with Gasteiger partial charge in [-0.05, 0) is 138 Å². The molecule has 0 aromatic carbocycles. The molecule has 4 aliphatic rings. The van der Waals surface area contributed by atoms with Crippen molar-refractivity contribution in [2.24, 2.45) is 118 Å². The molecular formula is C60H122O4. The highest BCUT2D eigenvalue weighted by molar-refractivity contribution is 4.93. The zero-order valence-electron chi connectivity index (χ0n) is 47.9. The number of hydrogen-bond acceptors (Lipinski definition) is 4. The molecule has 19 atom stereocenters. The molecule has 0 aromatic heterocycles. The van der Waals surface area contributed by atoms with Crippen LogP contribution >= 0.6 is 0 Å². The lowest BCUT2D eigenvalue weighted by Crippen LogP contribution is -2.49. The van der Waals surface area contributed by atoms with Crippen LogP contribution in [0.2, 0.25) is 0 Å². The summed E-state index contributed by atoms with van der Waals surface area (Å²) >= 11 is 0.